The number of ether oxygens (including phenoxy) is 1. The van der Waals surface area contributed by atoms with Gasteiger partial charge in [0.05, 0.1) is 11.7 Å². The lowest BCUT2D eigenvalue weighted by Gasteiger charge is -2.12. The fourth-order valence-electron chi connectivity index (χ4n) is 2.15. The van der Waals surface area contributed by atoms with Crippen molar-refractivity contribution in [2.24, 2.45) is 0 Å². The van der Waals surface area contributed by atoms with Crippen LogP contribution in [-0.2, 0) is 0 Å². The van der Waals surface area contributed by atoms with Crippen LogP contribution < -0.4 is 4.74 Å². The summed E-state index contributed by atoms with van der Waals surface area (Å²) in [6.07, 6.45) is -1.33. The first kappa shape index (κ1) is 13.4. The van der Waals surface area contributed by atoms with Gasteiger partial charge in [0.15, 0.2) is 0 Å². The fourth-order valence-corrected chi connectivity index (χ4v) is 2.15. The van der Waals surface area contributed by atoms with Crippen molar-refractivity contribution in [2.75, 3.05) is 0 Å². The van der Waals surface area contributed by atoms with Gasteiger partial charge in [0.25, 0.3) is 0 Å². The van der Waals surface area contributed by atoms with Crippen molar-refractivity contribution >= 4 is 5.52 Å². The van der Waals surface area contributed by atoms with Crippen molar-refractivity contribution in [2.45, 2.75) is 13.3 Å². The third-order valence-electron chi connectivity index (χ3n) is 3.04. The minimum atomic E-state index is -4.68. The van der Waals surface area contributed by atoms with Gasteiger partial charge in [-0.25, -0.2) is 4.52 Å². The van der Waals surface area contributed by atoms with Crippen molar-refractivity contribution in [1.82, 2.24) is 14.8 Å². The van der Waals surface area contributed by atoms with Crippen molar-refractivity contribution < 1.29 is 17.9 Å². The Labute approximate surface area is 117 Å². The smallest absolute Gasteiger partial charge is 0.406 e. The standard InChI is InChI=1S/C14H10F3N3O/c1-9-6-12(21-14(15,16)17)2-3-13(9)10-4-5-20-11(7-10)8-18-19-20/h2-8H,1H3. The highest BCUT2D eigenvalue weighted by molar-refractivity contribution is 5.71. The van der Waals surface area contributed by atoms with Crippen molar-refractivity contribution in [3.63, 3.8) is 0 Å². The molecule has 2 heterocycles. The summed E-state index contributed by atoms with van der Waals surface area (Å²) in [5.41, 5.74) is 3.20. The number of aryl methyl sites for hydroxylation is 1. The summed E-state index contributed by atoms with van der Waals surface area (Å²) in [7, 11) is 0. The number of aromatic nitrogens is 3. The monoisotopic (exact) mass is 293 g/mol. The van der Waals surface area contributed by atoms with Crippen LogP contribution in [0.15, 0.2) is 42.7 Å². The van der Waals surface area contributed by atoms with E-state index in [1.165, 1.54) is 12.1 Å². The molecule has 0 saturated heterocycles. The van der Waals surface area contributed by atoms with Crippen LogP contribution in [0.1, 0.15) is 5.56 Å². The third-order valence-corrected chi connectivity index (χ3v) is 3.04. The van der Waals surface area contributed by atoms with Crippen LogP contribution in [-0.4, -0.2) is 21.2 Å². The fraction of sp³-hybridized carbons (Fsp3) is 0.143. The van der Waals surface area contributed by atoms with Gasteiger partial charge in [-0.2, -0.15) is 0 Å². The largest absolute Gasteiger partial charge is 0.573 e. The van der Waals surface area contributed by atoms with Gasteiger partial charge in [0.1, 0.15) is 5.75 Å². The van der Waals surface area contributed by atoms with Crippen LogP contribution >= 0.6 is 0 Å². The highest BCUT2D eigenvalue weighted by Gasteiger charge is 2.31. The van der Waals surface area contributed by atoms with Crippen LogP contribution in [0.2, 0.25) is 0 Å². The second-order valence-corrected chi connectivity index (χ2v) is 4.54. The zero-order chi connectivity index (χ0) is 15.0. The lowest BCUT2D eigenvalue weighted by atomic mass is 10.0. The van der Waals surface area contributed by atoms with E-state index in [2.05, 4.69) is 15.0 Å². The molecular weight excluding hydrogens is 283 g/mol. The van der Waals surface area contributed by atoms with E-state index in [0.29, 0.717) is 5.56 Å². The Hall–Kier alpha value is -2.57. The van der Waals surface area contributed by atoms with Crippen LogP contribution in [0.25, 0.3) is 16.6 Å². The second kappa shape index (κ2) is 4.76. The Morgan fingerprint density at radius 1 is 1.14 bits per heavy atom. The predicted octanol–water partition coefficient (Wildman–Crippen LogP) is 3.60. The number of alkyl halides is 3. The molecular formula is C14H10F3N3O. The number of hydrogen-bond acceptors (Lipinski definition) is 3. The number of rotatable bonds is 2. The first-order valence-electron chi connectivity index (χ1n) is 6.09. The summed E-state index contributed by atoms with van der Waals surface area (Å²) < 4.78 is 42.1. The Morgan fingerprint density at radius 2 is 1.95 bits per heavy atom. The molecule has 4 nitrogen and oxygen atoms in total. The second-order valence-electron chi connectivity index (χ2n) is 4.54. The molecule has 0 unspecified atom stereocenters. The lowest BCUT2D eigenvalue weighted by molar-refractivity contribution is -0.274. The topological polar surface area (TPSA) is 39.4 Å². The molecule has 3 rings (SSSR count). The van der Waals surface area contributed by atoms with Gasteiger partial charge >= 0.3 is 6.36 Å². The molecule has 7 heteroatoms. The summed E-state index contributed by atoms with van der Waals surface area (Å²) >= 11 is 0. The van der Waals surface area contributed by atoms with E-state index in [4.69, 9.17) is 0 Å². The molecule has 0 fully saturated rings. The maximum atomic E-state index is 12.2. The van der Waals surface area contributed by atoms with Gasteiger partial charge in [-0.15, -0.1) is 18.3 Å². The first-order valence-corrected chi connectivity index (χ1v) is 6.09. The molecule has 0 radical (unpaired) electrons. The van der Waals surface area contributed by atoms with Gasteiger partial charge in [0.2, 0.25) is 0 Å². The molecule has 0 aliphatic carbocycles. The maximum Gasteiger partial charge on any atom is 0.573 e. The van der Waals surface area contributed by atoms with Crippen LogP contribution in [0.3, 0.4) is 0 Å². The van der Waals surface area contributed by atoms with E-state index in [0.717, 1.165) is 16.6 Å². The minimum absolute atomic E-state index is 0.226. The van der Waals surface area contributed by atoms with Gasteiger partial charge in [-0.3, -0.25) is 0 Å². The van der Waals surface area contributed by atoms with E-state index >= 15 is 0 Å². The molecule has 0 bridgehead atoms. The average Bonchev–Trinajstić information content (AvgIpc) is 2.84. The summed E-state index contributed by atoms with van der Waals surface area (Å²) in [4.78, 5) is 0. The molecule has 21 heavy (non-hydrogen) atoms. The van der Waals surface area contributed by atoms with Crippen LogP contribution in [0, 0.1) is 6.92 Å². The molecule has 2 aromatic heterocycles. The van der Waals surface area contributed by atoms with E-state index < -0.39 is 6.36 Å². The van der Waals surface area contributed by atoms with Gasteiger partial charge in [0, 0.05) is 6.20 Å². The van der Waals surface area contributed by atoms with E-state index in [1.54, 1.807) is 29.9 Å². The van der Waals surface area contributed by atoms with Gasteiger partial charge in [-0.05, 0) is 47.9 Å². The van der Waals surface area contributed by atoms with E-state index in [1.807, 2.05) is 12.1 Å². The minimum Gasteiger partial charge on any atom is -0.406 e. The number of fused-ring (bicyclic) bond motifs is 1. The molecule has 0 N–H and O–H groups in total. The van der Waals surface area contributed by atoms with Gasteiger partial charge < -0.3 is 4.74 Å². The molecule has 0 atom stereocenters. The van der Waals surface area contributed by atoms with Gasteiger partial charge in [-0.1, -0.05) is 11.3 Å². The third kappa shape index (κ3) is 2.81. The molecule has 3 aromatic rings. The van der Waals surface area contributed by atoms with Crippen LogP contribution in [0.4, 0.5) is 13.2 Å². The lowest BCUT2D eigenvalue weighted by Crippen LogP contribution is -2.17. The molecule has 0 aliphatic rings. The van der Waals surface area contributed by atoms with Crippen molar-refractivity contribution in [1.29, 1.82) is 0 Å². The SMILES string of the molecule is Cc1cc(OC(F)(F)F)ccc1-c1ccn2nncc2c1. The highest BCUT2D eigenvalue weighted by atomic mass is 19.4. The molecule has 0 spiro atoms. The van der Waals surface area contributed by atoms with E-state index in [9.17, 15) is 13.2 Å². The number of hydrogen-bond donors (Lipinski definition) is 0. The quantitative estimate of drug-likeness (QED) is 0.724. The van der Waals surface area contributed by atoms with Crippen LogP contribution in [0.5, 0.6) is 5.75 Å². The van der Waals surface area contributed by atoms with E-state index in [-0.39, 0.29) is 5.75 Å². The van der Waals surface area contributed by atoms with Crippen molar-refractivity contribution in [3.05, 3.63) is 48.3 Å². The summed E-state index contributed by atoms with van der Waals surface area (Å²) in [6.45, 7) is 1.73. The molecule has 108 valence electrons. The number of benzene rings is 1. The zero-order valence-corrected chi connectivity index (χ0v) is 10.9. The number of halogens is 3. The number of nitrogens with zero attached hydrogens (tertiary/aromatic N) is 3. The molecule has 0 aliphatic heterocycles. The summed E-state index contributed by atoms with van der Waals surface area (Å²) in [5, 5.41) is 7.63. The molecule has 1 aromatic carbocycles. The Kier molecular flexibility index (Phi) is 3.04. The summed E-state index contributed by atoms with van der Waals surface area (Å²) in [6, 6.07) is 7.96. The molecule has 0 amide bonds. The Balaban J connectivity index is 1.98. The normalized spacial score (nSPS) is 11.8. The Bertz CT molecular complexity index is 796. The zero-order valence-electron chi connectivity index (χ0n) is 10.9. The Morgan fingerprint density at radius 3 is 2.67 bits per heavy atom. The first-order chi connectivity index (χ1) is 9.92. The highest BCUT2D eigenvalue weighted by Crippen LogP contribution is 2.30. The number of pyridine rings is 1. The maximum absolute atomic E-state index is 12.2. The average molecular weight is 293 g/mol. The summed E-state index contributed by atoms with van der Waals surface area (Å²) in [5.74, 6) is -0.226. The molecule has 0 saturated carbocycles. The van der Waals surface area contributed by atoms with Crippen molar-refractivity contribution in [3.8, 4) is 16.9 Å². The predicted molar refractivity (Wildman–Crippen MR) is 69.8 cm³/mol.